The van der Waals surface area contributed by atoms with Gasteiger partial charge in [-0.1, -0.05) is 41.6 Å². The van der Waals surface area contributed by atoms with Crippen LogP contribution >= 0.6 is 23.4 Å². The molecule has 1 aliphatic rings. The minimum atomic E-state index is -0.588. The first-order valence-corrected chi connectivity index (χ1v) is 11.1. The molecule has 2 aromatic carbocycles. The first-order valence-electron chi connectivity index (χ1n) is 9.73. The Morgan fingerprint density at radius 3 is 2.66 bits per heavy atom. The van der Waals surface area contributed by atoms with Gasteiger partial charge in [-0.25, -0.2) is 0 Å². The van der Waals surface area contributed by atoms with Gasteiger partial charge in [-0.15, -0.1) is 10.2 Å². The van der Waals surface area contributed by atoms with Crippen LogP contribution in [0.4, 0.5) is 17.3 Å². The summed E-state index contributed by atoms with van der Waals surface area (Å²) in [5.74, 6) is 0.264. The fourth-order valence-corrected chi connectivity index (χ4v) is 4.12. The molecular weight excluding hydrogens is 456 g/mol. The summed E-state index contributed by atoms with van der Waals surface area (Å²) in [4.78, 5) is 25.3. The molecule has 0 radical (unpaired) electrons. The summed E-state index contributed by atoms with van der Waals surface area (Å²) in [6, 6.07) is 13.7. The number of morpholine rings is 1. The molecule has 1 fully saturated rings. The minimum Gasteiger partial charge on any atom is -0.378 e. The van der Waals surface area contributed by atoms with Crippen molar-refractivity contribution in [3.05, 3.63) is 63.7 Å². The Hall–Kier alpha value is -3.15. The predicted octanol–water partition coefficient (Wildman–Crippen LogP) is 3.40. The highest BCUT2D eigenvalue weighted by molar-refractivity contribution is 7.99. The van der Waals surface area contributed by atoms with E-state index in [2.05, 4.69) is 20.4 Å². The first kappa shape index (κ1) is 22.1. The standard InChI is InChI=1S/C20H19ClN6O4S/c21-14-6-7-16(17(12-14)27(29)30)22-18(28)13-32-20-24-23-19(25-8-10-31-11-9-25)26(20)15-4-2-1-3-5-15/h1-7,12H,8-11,13H2,(H,22,28). The van der Waals surface area contributed by atoms with Gasteiger partial charge in [-0.05, 0) is 24.3 Å². The Morgan fingerprint density at radius 1 is 1.19 bits per heavy atom. The van der Waals surface area contributed by atoms with Crippen molar-refractivity contribution >= 4 is 46.6 Å². The Kier molecular flexibility index (Phi) is 6.88. The number of hydrogen-bond donors (Lipinski definition) is 1. The molecular formula is C20H19ClN6O4S. The molecule has 1 N–H and O–H groups in total. The van der Waals surface area contributed by atoms with Gasteiger partial charge >= 0.3 is 0 Å². The van der Waals surface area contributed by atoms with E-state index < -0.39 is 10.8 Å². The maximum absolute atomic E-state index is 12.5. The summed E-state index contributed by atoms with van der Waals surface area (Å²) in [5, 5.41) is 23.2. The number of nitro groups is 1. The zero-order chi connectivity index (χ0) is 22.5. The van der Waals surface area contributed by atoms with Crippen LogP contribution in [0.2, 0.25) is 5.02 Å². The first-order chi connectivity index (χ1) is 15.5. The number of nitrogens with zero attached hydrogens (tertiary/aromatic N) is 5. The van der Waals surface area contributed by atoms with E-state index in [0.717, 1.165) is 5.69 Å². The summed E-state index contributed by atoms with van der Waals surface area (Å²) in [6.45, 7) is 2.59. The Bertz CT molecular complexity index is 1120. The van der Waals surface area contributed by atoms with Gasteiger partial charge in [-0.3, -0.25) is 19.5 Å². The monoisotopic (exact) mass is 474 g/mol. The van der Waals surface area contributed by atoms with E-state index in [0.29, 0.717) is 37.4 Å². The third kappa shape index (κ3) is 5.01. The molecule has 1 amide bonds. The Labute approximate surface area is 192 Å². The number of carbonyl (C=O) groups is 1. The lowest BCUT2D eigenvalue weighted by Gasteiger charge is -2.27. The van der Waals surface area contributed by atoms with Gasteiger partial charge in [0.2, 0.25) is 11.9 Å². The normalized spacial score (nSPS) is 13.7. The van der Waals surface area contributed by atoms with Crippen molar-refractivity contribution in [2.75, 3.05) is 42.3 Å². The van der Waals surface area contributed by atoms with E-state index in [9.17, 15) is 14.9 Å². The van der Waals surface area contributed by atoms with E-state index in [4.69, 9.17) is 16.3 Å². The number of amides is 1. The van der Waals surface area contributed by atoms with Crippen LogP contribution in [-0.2, 0) is 9.53 Å². The number of thioether (sulfide) groups is 1. The SMILES string of the molecule is O=C(CSc1nnc(N2CCOCC2)n1-c1ccccc1)Nc1ccc(Cl)cc1[N+](=O)[O-]. The molecule has 12 heteroatoms. The molecule has 1 aromatic heterocycles. The lowest BCUT2D eigenvalue weighted by atomic mass is 10.2. The van der Waals surface area contributed by atoms with Gasteiger partial charge < -0.3 is 15.0 Å². The number of carbonyl (C=O) groups excluding carboxylic acids is 1. The molecule has 0 saturated carbocycles. The molecule has 0 bridgehead atoms. The maximum Gasteiger partial charge on any atom is 0.294 e. The van der Waals surface area contributed by atoms with Gasteiger partial charge in [0.15, 0.2) is 5.16 Å². The van der Waals surface area contributed by atoms with Crippen molar-refractivity contribution < 1.29 is 14.5 Å². The van der Waals surface area contributed by atoms with Crippen LogP contribution in [0.25, 0.3) is 5.69 Å². The van der Waals surface area contributed by atoms with Gasteiger partial charge in [0.05, 0.1) is 29.6 Å². The molecule has 4 rings (SSSR count). The van der Waals surface area contributed by atoms with Crippen molar-refractivity contribution in [2.24, 2.45) is 0 Å². The third-order valence-electron chi connectivity index (χ3n) is 4.69. The molecule has 0 atom stereocenters. The summed E-state index contributed by atoms with van der Waals surface area (Å²) < 4.78 is 7.33. The van der Waals surface area contributed by atoms with Gasteiger partial charge in [0.1, 0.15) is 5.69 Å². The van der Waals surface area contributed by atoms with E-state index in [1.54, 1.807) is 0 Å². The summed E-state index contributed by atoms with van der Waals surface area (Å²) in [5.41, 5.74) is 0.691. The molecule has 3 aromatic rings. The fourth-order valence-electron chi connectivity index (χ4n) is 3.20. The number of ether oxygens (including phenoxy) is 1. The molecule has 1 aliphatic heterocycles. The van der Waals surface area contributed by atoms with E-state index in [1.807, 2.05) is 34.9 Å². The molecule has 10 nitrogen and oxygen atoms in total. The molecule has 0 spiro atoms. The average Bonchev–Trinajstić information content (AvgIpc) is 3.24. The number of nitro benzene ring substituents is 1. The van der Waals surface area contributed by atoms with Crippen molar-refractivity contribution in [2.45, 2.75) is 5.16 Å². The number of nitrogens with one attached hydrogen (secondary N) is 1. The van der Waals surface area contributed by atoms with Crippen LogP contribution in [0.15, 0.2) is 53.7 Å². The summed E-state index contributed by atoms with van der Waals surface area (Å²) in [7, 11) is 0. The van der Waals surface area contributed by atoms with Crippen LogP contribution in [0.3, 0.4) is 0 Å². The molecule has 0 unspecified atom stereocenters. The second-order valence-electron chi connectivity index (χ2n) is 6.81. The van der Waals surface area contributed by atoms with Crippen molar-refractivity contribution in [1.82, 2.24) is 14.8 Å². The molecule has 32 heavy (non-hydrogen) atoms. The number of halogens is 1. The fraction of sp³-hybridized carbons (Fsp3) is 0.250. The van der Waals surface area contributed by atoms with Gasteiger partial charge in [0.25, 0.3) is 5.69 Å². The molecule has 2 heterocycles. The van der Waals surface area contributed by atoms with Crippen molar-refractivity contribution in [3.63, 3.8) is 0 Å². The molecule has 1 saturated heterocycles. The predicted molar refractivity (Wildman–Crippen MR) is 122 cm³/mol. The Morgan fingerprint density at radius 2 is 1.94 bits per heavy atom. The van der Waals surface area contributed by atoms with Crippen molar-refractivity contribution in [1.29, 1.82) is 0 Å². The highest BCUT2D eigenvalue weighted by Crippen LogP contribution is 2.29. The van der Waals surface area contributed by atoms with Gasteiger partial charge in [0, 0.05) is 24.2 Å². The highest BCUT2D eigenvalue weighted by Gasteiger charge is 2.23. The average molecular weight is 475 g/mol. The van der Waals surface area contributed by atoms with Crippen LogP contribution in [0, 0.1) is 10.1 Å². The molecule has 0 aliphatic carbocycles. The number of benzene rings is 2. The number of hydrogen-bond acceptors (Lipinski definition) is 8. The summed E-state index contributed by atoms with van der Waals surface area (Å²) >= 11 is 7.02. The molecule has 166 valence electrons. The lowest BCUT2D eigenvalue weighted by molar-refractivity contribution is -0.383. The quantitative estimate of drug-likeness (QED) is 0.314. The van der Waals surface area contributed by atoms with Crippen LogP contribution < -0.4 is 10.2 Å². The zero-order valence-electron chi connectivity index (χ0n) is 16.8. The van der Waals surface area contributed by atoms with E-state index in [-0.39, 0.29) is 22.2 Å². The number of aromatic nitrogens is 3. The number of anilines is 2. The largest absolute Gasteiger partial charge is 0.378 e. The van der Waals surface area contributed by atoms with Crippen molar-refractivity contribution in [3.8, 4) is 5.69 Å². The lowest BCUT2D eigenvalue weighted by Crippen LogP contribution is -2.37. The minimum absolute atomic E-state index is 0.00609. The number of para-hydroxylation sites is 1. The van der Waals surface area contributed by atoms with Crippen LogP contribution in [-0.4, -0.2) is 57.7 Å². The third-order valence-corrected chi connectivity index (χ3v) is 5.85. The second-order valence-corrected chi connectivity index (χ2v) is 8.19. The smallest absolute Gasteiger partial charge is 0.294 e. The Balaban J connectivity index is 1.53. The van der Waals surface area contributed by atoms with E-state index >= 15 is 0 Å². The van der Waals surface area contributed by atoms with Gasteiger partial charge in [-0.2, -0.15) is 0 Å². The maximum atomic E-state index is 12.5. The zero-order valence-corrected chi connectivity index (χ0v) is 18.4. The van der Waals surface area contributed by atoms with Crippen LogP contribution in [0.5, 0.6) is 0 Å². The topological polar surface area (TPSA) is 115 Å². The van der Waals surface area contributed by atoms with E-state index in [1.165, 1.54) is 30.0 Å². The van der Waals surface area contributed by atoms with Crippen LogP contribution in [0.1, 0.15) is 0 Å². The summed E-state index contributed by atoms with van der Waals surface area (Å²) in [6.07, 6.45) is 0. The number of rotatable bonds is 7. The second kappa shape index (κ2) is 9.98. The highest BCUT2D eigenvalue weighted by atomic mass is 35.5.